The zero-order valence-electron chi connectivity index (χ0n) is 24.8. The van der Waals surface area contributed by atoms with Crippen molar-refractivity contribution in [2.75, 3.05) is 32.8 Å². The minimum Gasteiger partial charge on any atom is -0.489 e. The highest BCUT2D eigenvalue weighted by Crippen LogP contribution is 2.28. The number of pyridine rings is 1. The topological polar surface area (TPSA) is 131 Å². The Morgan fingerprint density at radius 1 is 1.28 bits per heavy atom. The third-order valence-corrected chi connectivity index (χ3v) is 7.92. The van der Waals surface area contributed by atoms with Crippen LogP contribution in [-0.2, 0) is 32.0 Å². The molecule has 0 radical (unpaired) electrons. The van der Waals surface area contributed by atoms with E-state index in [0.29, 0.717) is 62.1 Å². The van der Waals surface area contributed by atoms with Crippen LogP contribution in [0.25, 0.3) is 0 Å². The fourth-order valence-electron chi connectivity index (χ4n) is 4.58. The zero-order valence-corrected chi connectivity index (χ0v) is 26.4. The van der Waals surface area contributed by atoms with E-state index in [9.17, 15) is 14.4 Å². The van der Waals surface area contributed by atoms with E-state index < -0.39 is 17.4 Å². The van der Waals surface area contributed by atoms with Crippen molar-refractivity contribution in [3.63, 3.8) is 0 Å². The Hall–Kier alpha value is -3.48. The first-order valence-electron chi connectivity index (χ1n) is 14.2. The lowest BCUT2D eigenvalue weighted by Gasteiger charge is -2.34. The average molecular weight is 632 g/mol. The van der Waals surface area contributed by atoms with Gasteiger partial charge in [0.2, 0.25) is 0 Å². The van der Waals surface area contributed by atoms with Gasteiger partial charge in [-0.05, 0) is 62.9 Å². The van der Waals surface area contributed by atoms with Crippen molar-refractivity contribution in [3.05, 3.63) is 64.1 Å². The lowest BCUT2D eigenvalue weighted by Crippen LogP contribution is -2.49. The number of nitrogens with zero attached hydrogens (tertiary/aromatic N) is 2. The van der Waals surface area contributed by atoms with E-state index in [4.69, 9.17) is 25.8 Å². The van der Waals surface area contributed by atoms with E-state index >= 15 is 0 Å². The number of hydrogen-bond acceptors (Lipinski definition) is 9. The summed E-state index contributed by atoms with van der Waals surface area (Å²) in [5, 5.41) is 6.65. The van der Waals surface area contributed by atoms with Gasteiger partial charge in [0, 0.05) is 53.4 Å². The number of rotatable bonds is 10. The molecule has 3 N–H and O–H groups in total. The molecule has 0 bridgehead atoms. The summed E-state index contributed by atoms with van der Waals surface area (Å²) in [5.74, 6) is -0.408. The number of amides is 3. The molecule has 3 heterocycles. The predicted octanol–water partition coefficient (Wildman–Crippen LogP) is 4.00. The summed E-state index contributed by atoms with van der Waals surface area (Å²) in [5.41, 5.74) is 1.70. The molecule has 11 nitrogen and oxygen atoms in total. The average Bonchev–Trinajstić information content (AvgIpc) is 2.97. The molecule has 4 rings (SSSR count). The van der Waals surface area contributed by atoms with Crippen LogP contribution in [0.15, 0.2) is 52.8 Å². The molecular weight excluding hydrogens is 594 g/mol. The molecule has 1 fully saturated rings. The summed E-state index contributed by atoms with van der Waals surface area (Å²) < 4.78 is 20.2. The van der Waals surface area contributed by atoms with E-state index in [-0.39, 0.29) is 24.4 Å². The maximum absolute atomic E-state index is 13.2. The molecule has 3 amide bonds. The molecule has 232 valence electrons. The monoisotopic (exact) mass is 631 g/mol. The predicted molar refractivity (Wildman–Crippen MR) is 164 cm³/mol. The molecule has 1 aromatic carbocycles. The molecule has 2 aliphatic heterocycles. The van der Waals surface area contributed by atoms with Crippen LogP contribution in [0, 0.1) is 0 Å². The Balaban J connectivity index is 1.39. The fraction of sp³-hybridized carbons (Fsp3) is 0.467. The molecule has 1 saturated heterocycles. The van der Waals surface area contributed by atoms with Crippen LogP contribution in [0.4, 0.5) is 4.79 Å². The van der Waals surface area contributed by atoms with E-state index in [2.05, 4.69) is 20.3 Å². The van der Waals surface area contributed by atoms with Gasteiger partial charge in [0.1, 0.15) is 29.6 Å². The summed E-state index contributed by atoms with van der Waals surface area (Å²) in [6.07, 6.45) is 3.70. The van der Waals surface area contributed by atoms with Crippen molar-refractivity contribution >= 4 is 41.5 Å². The zero-order chi connectivity index (χ0) is 31.0. The van der Waals surface area contributed by atoms with Gasteiger partial charge < -0.3 is 29.7 Å². The molecule has 1 atom stereocenters. The van der Waals surface area contributed by atoms with Crippen LogP contribution in [-0.4, -0.2) is 72.3 Å². The highest BCUT2D eigenvalue weighted by Gasteiger charge is 2.29. The SMILES string of the molecule is CCc1c(Cl)cccc1SNC(=O)C1=C(NCc2ccncc2OC[C@@H]2CN(C(=O)OC(C)(C)C)CCO2)CCNC1=O. The molecular formula is C30H38ClN5O6S. The third-order valence-electron chi connectivity index (χ3n) is 6.68. The molecule has 0 aliphatic carbocycles. The summed E-state index contributed by atoms with van der Waals surface area (Å²) in [6, 6.07) is 7.31. The first kappa shape index (κ1) is 32.4. The van der Waals surface area contributed by atoms with Gasteiger partial charge in [-0.1, -0.05) is 24.6 Å². The van der Waals surface area contributed by atoms with E-state index in [0.717, 1.165) is 28.0 Å². The normalized spacial score (nSPS) is 17.3. The van der Waals surface area contributed by atoms with Gasteiger partial charge >= 0.3 is 6.09 Å². The second-order valence-corrected chi connectivity index (χ2v) is 12.3. The first-order chi connectivity index (χ1) is 20.6. The van der Waals surface area contributed by atoms with Crippen LogP contribution in [0.2, 0.25) is 5.02 Å². The van der Waals surface area contributed by atoms with Crippen LogP contribution in [0.3, 0.4) is 0 Å². The number of hydrogen-bond donors (Lipinski definition) is 3. The lowest BCUT2D eigenvalue weighted by molar-refractivity contribution is -0.123. The summed E-state index contributed by atoms with van der Waals surface area (Å²) in [7, 11) is 0. The smallest absolute Gasteiger partial charge is 0.410 e. The third kappa shape index (κ3) is 9.01. The number of nitrogens with one attached hydrogen (secondary N) is 3. The molecule has 43 heavy (non-hydrogen) atoms. The Kier molecular flexibility index (Phi) is 11.2. The number of benzene rings is 1. The standard InChI is InChI=1S/C30H38ClN5O6S/c1-5-21-22(31)7-6-8-25(21)43-35-28(38)26-23(10-12-33-27(26)37)34-15-19-9-11-32-16-24(19)41-18-20-17-36(13-14-40-20)29(39)42-30(2,3)4/h6-9,11,16,20,34H,5,10,12-15,17-18H2,1-4H3,(H,33,37)(H,35,38)/t20-/m0/s1. The number of aromatic nitrogens is 1. The summed E-state index contributed by atoms with van der Waals surface area (Å²) >= 11 is 7.44. The van der Waals surface area contributed by atoms with Crippen molar-refractivity contribution in [1.29, 1.82) is 0 Å². The summed E-state index contributed by atoms with van der Waals surface area (Å²) in [4.78, 5) is 45.1. The number of morpholine rings is 1. The van der Waals surface area contributed by atoms with Crippen molar-refractivity contribution in [3.8, 4) is 5.75 Å². The Labute approximate surface area is 261 Å². The van der Waals surface area contributed by atoms with Gasteiger partial charge in [0.25, 0.3) is 11.8 Å². The summed E-state index contributed by atoms with van der Waals surface area (Å²) in [6.45, 7) is 9.57. The van der Waals surface area contributed by atoms with E-state index in [1.165, 1.54) is 0 Å². The van der Waals surface area contributed by atoms with Gasteiger partial charge in [-0.3, -0.25) is 19.3 Å². The van der Waals surface area contributed by atoms with Gasteiger partial charge in [0.15, 0.2) is 0 Å². The maximum Gasteiger partial charge on any atom is 0.410 e. The lowest BCUT2D eigenvalue weighted by atomic mass is 10.1. The van der Waals surface area contributed by atoms with Crippen molar-refractivity contribution in [2.45, 2.75) is 63.7 Å². The maximum atomic E-state index is 13.2. The van der Waals surface area contributed by atoms with Crippen molar-refractivity contribution in [1.82, 2.24) is 25.2 Å². The molecule has 13 heteroatoms. The van der Waals surface area contributed by atoms with Gasteiger partial charge in [0.05, 0.1) is 19.3 Å². The minimum atomic E-state index is -0.582. The number of ether oxygens (including phenoxy) is 3. The molecule has 0 spiro atoms. The Morgan fingerprint density at radius 3 is 2.86 bits per heavy atom. The minimum absolute atomic E-state index is 0.0354. The second-order valence-electron chi connectivity index (χ2n) is 11.0. The highest BCUT2D eigenvalue weighted by molar-refractivity contribution is 7.98. The highest BCUT2D eigenvalue weighted by atomic mass is 35.5. The largest absolute Gasteiger partial charge is 0.489 e. The van der Waals surface area contributed by atoms with Gasteiger partial charge in [-0.15, -0.1) is 0 Å². The van der Waals surface area contributed by atoms with Crippen LogP contribution in [0.5, 0.6) is 5.75 Å². The quantitative estimate of drug-likeness (QED) is 0.263. The second kappa shape index (κ2) is 14.8. The molecule has 1 aromatic heterocycles. The van der Waals surface area contributed by atoms with E-state index in [1.54, 1.807) is 17.3 Å². The molecule has 2 aliphatic rings. The van der Waals surface area contributed by atoms with E-state index in [1.807, 2.05) is 52.0 Å². The van der Waals surface area contributed by atoms with Gasteiger partial charge in [-0.2, -0.15) is 0 Å². The first-order valence-corrected chi connectivity index (χ1v) is 15.4. The number of halogens is 1. The van der Waals surface area contributed by atoms with Crippen LogP contribution >= 0.6 is 23.5 Å². The van der Waals surface area contributed by atoms with Crippen LogP contribution < -0.4 is 20.1 Å². The Morgan fingerprint density at radius 2 is 2.09 bits per heavy atom. The number of carbonyl (C=O) groups is 3. The molecule has 0 saturated carbocycles. The van der Waals surface area contributed by atoms with Crippen molar-refractivity contribution < 1.29 is 28.6 Å². The van der Waals surface area contributed by atoms with Gasteiger partial charge in [-0.25, -0.2) is 4.79 Å². The molecule has 0 unspecified atom stereocenters. The fourth-order valence-corrected chi connectivity index (χ4v) is 5.77. The van der Waals surface area contributed by atoms with Crippen molar-refractivity contribution in [2.24, 2.45) is 0 Å². The van der Waals surface area contributed by atoms with Crippen LogP contribution in [0.1, 0.15) is 45.2 Å². The Bertz CT molecular complexity index is 1360. The molecule has 2 aromatic rings. The number of carbonyl (C=O) groups excluding carboxylic acids is 3.